The van der Waals surface area contributed by atoms with Gasteiger partial charge in [-0.1, -0.05) is 47.5 Å². The average Bonchev–Trinajstić information content (AvgIpc) is 2.63. The van der Waals surface area contributed by atoms with Gasteiger partial charge in [-0.15, -0.1) is 0 Å². The summed E-state index contributed by atoms with van der Waals surface area (Å²) >= 11 is 11.9. The maximum absolute atomic E-state index is 12.1. The minimum Gasteiger partial charge on any atom is -0.504 e. The molecule has 1 N–H and O–H groups in total. The summed E-state index contributed by atoms with van der Waals surface area (Å²) in [5, 5.41) is 10.4. The molecule has 0 spiro atoms. The first-order valence-corrected chi connectivity index (χ1v) is 6.75. The van der Waals surface area contributed by atoms with Gasteiger partial charge in [0, 0.05) is 0 Å². The Labute approximate surface area is 131 Å². The lowest BCUT2D eigenvalue weighted by Gasteiger charge is -2.00. The summed E-state index contributed by atoms with van der Waals surface area (Å²) in [4.78, 5) is 23.5. The predicted octanol–water partition coefficient (Wildman–Crippen LogP) is 3.96. The summed E-state index contributed by atoms with van der Waals surface area (Å²) < 4.78 is 0. The van der Waals surface area contributed by atoms with E-state index in [1.165, 1.54) is 36.4 Å². The van der Waals surface area contributed by atoms with Crippen molar-refractivity contribution in [2.75, 3.05) is 0 Å². The Morgan fingerprint density at radius 2 is 1.76 bits per heavy atom. The highest BCUT2D eigenvalue weighted by molar-refractivity contribution is 6.42. The quantitative estimate of drug-likeness (QED) is 0.688. The third-order valence-electron chi connectivity index (χ3n) is 2.77. The molecule has 2 aromatic rings. The molecule has 0 aromatic heterocycles. The van der Waals surface area contributed by atoms with Gasteiger partial charge in [-0.3, -0.25) is 9.59 Å². The van der Waals surface area contributed by atoms with E-state index in [2.05, 4.69) is 0 Å². The molecule has 0 radical (unpaired) electrons. The number of hydrogen-bond acceptors (Lipinski definition) is 3. The molecule has 2 aromatic carbocycles. The minimum atomic E-state index is -0.613. The molecule has 0 atom stereocenters. The van der Waals surface area contributed by atoms with E-state index in [-0.39, 0.29) is 5.56 Å². The summed E-state index contributed by atoms with van der Waals surface area (Å²) in [6, 6.07) is 10.6. The predicted molar refractivity (Wildman–Crippen MR) is 84.2 cm³/mol. The molecule has 0 aliphatic rings. The average molecular weight is 321 g/mol. The number of benzene rings is 1. The van der Waals surface area contributed by atoms with E-state index >= 15 is 0 Å². The number of carbonyl (C=O) groups excluding carboxylic acids is 1. The number of aromatic hydroxyl groups is 1. The molecule has 5 heteroatoms. The van der Waals surface area contributed by atoms with Gasteiger partial charge in [-0.25, -0.2) is 0 Å². The zero-order valence-corrected chi connectivity index (χ0v) is 12.2. The molecular weight excluding hydrogens is 311 g/mol. The van der Waals surface area contributed by atoms with Crippen molar-refractivity contribution in [2.24, 2.45) is 0 Å². The molecule has 0 bridgehead atoms. The van der Waals surface area contributed by atoms with Crippen LogP contribution >= 0.6 is 23.2 Å². The highest BCUT2D eigenvalue weighted by Crippen LogP contribution is 2.26. The van der Waals surface area contributed by atoms with Gasteiger partial charge in [0.1, 0.15) is 0 Å². The van der Waals surface area contributed by atoms with Crippen LogP contribution in [0.25, 0.3) is 6.08 Å². The van der Waals surface area contributed by atoms with Crippen molar-refractivity contribution in [1.29, 1.82) is 0 Å². The van der Waals surface area contributed by atoms with Crippen molar-refractivity contribution in [3.63, 3.8) is 0 Å². The summed E-state index contributed by atoms with van der Waals surface area (Å²) in [5.41, 5.74) is -0.114. The Bertz CT molecular complexity index is 783. The van der Waals surface area contributed by atoms with Crippen LogP contribution < -0.4 is 5.43 Å². The van der Waals surface area contributed by atoms with E-state index in [0.717, 1.165) is 0 Å². The third kappa shape index (κ3) is 3.51. The van der Waals surface area contributed by atoms with Crippen LogP contribution in [-0.4, -0.2) is 10.9 Å². The van der Waals surface area contributed by atoms with E-state index < -0.39 is 17.0 Å². The highest BCUT2D eigenvalue weighted by Gasteiger charge is 2.09. The van der Waals surface area contributed by atoms with Crippen LogP contribution in [0.4, 0.5) is 0 Å². The van der Waals surface area contributed by atoms with E-state index in [4.69, 9.17) is 23.2 Å². The lowest BCUT2D eigenvalue weighted by atomic mass is 10.1. The van der Waals surface area contributed by atoms with Gasteiger partial charge in [0.25, 0.3) is 0 Å². The smallest absolute Gasteiger partial charge is 0.220 e. The lowest BCUT2D eigenvalue weighted by molar-refractivity contribution is 0.104. The molecule has 0 unspecified atom stereocenters. The molecule has 0 saturated carbocycles. The van der Waals surface area contributed by atoms with Gasteiger partial charge in [0.2, 0.25) is 5.43 Å². The monoisotopic (exact) mass is 320 g/mol. The highest BCUT2D eigenvalue weighted by atomic mass is 35.5. The third-order valence-corrected chi connectivity index (χ3v) is 3.60. The normalized spacial score (nSPS) is 10.8. The molecule has 21 heavy (non-hydrogen) atoms. The van der Waals surface area contributed by atoms with E-state index in [1.54, 1.807) is 18.2 Å². The number of ketones is 1. The van der Waals surface area contributed by atoms with E-state index in [0.29, 0.717) is 15.6 Å². The molecular formula is C16H10Cl2O3. The number of halogens is 2. The maximum atomic E-state index is 12.1. The molecule has 3 nitrogen and oxygen atoms in total. The zero-order chi connectivity index (χ0) is 15.4. The summed E-state index contributed by atoms with van der Waals surface area (Å²) in [5.74, 6) is -1.08. The fourth-order valence-electron chi connectivity index (χ4n) is 1.69. The van der Waals surface area contributed by atoms with Crippen molar-refractivity contribution in [2.45, 2.75) is 0 Å². The van der Waals surface area contributed by atoms with Crippen LogP contribution in [0.15, 0.2) is 53.3 Å². The second-order valence-electron chi connectivity index (χ2n) is 4.19. The first-order valence-electron chi connectivity index (χ1n) is 5.99. The lowest BCUT2D eigenvalue weighted by Crippen LogP contribution is -2.01. The standard InChI is InChI=1S/C16H10Cl2O3/c17-12-6-3-4-10(15(12)18)8-9-13(19)11-5-1-2-7-14(20)16(11)21/h1-9H,(H,20,21). The molecule has 0 fully saturated rings. The van der Waals surface area contributed by atoms with Crippen molar-refractivity contribution < 1.29 is 9.90 Å². The van der Waals surface area contributed by atoms with Crippen molar-refractivity contribution >= 4 is 35.1 Å². The van der Waals surface area contributed by atoms with Crippen LogP contribution in [0.1, 0.15) is 15.9 Å². The number of rotatable bonds is 3. The topological polar surface area (TPSA) is 54.4 Å². The molecule has 0 amide bonds. The Morgan fingerprint density at radius 1 is 1.05 bits per heavy atom. The van der Waals surface area contributed by atoms with Gasteiger partial charge >= 0.3 is 0 Å². The Balaban J connectivity index is 2.37. The molecule has 0 heterocycles. The summed E-state index contributed by atoms with van der Waals surface area (Å²) in [6.45, 7) is 0. The van der Waals surface area contributed by atoms with Crippen LogP contribution in [0, 0.1) is 0 Å². The first kappa shape index (κ1) is 15.3. The van der Waals surface area contributed by atoms with E-state index in [9.17, 15) is 14.7 Å². The summed E-state index contributed by atoms with van der Waals surface area (Å²) in [7, 11) is 0. The SMILES string of the molecule is O=C(C=Cc1cccc(Cl)c1Cl)c1ccccc(=O)c1O. The van der Waals surface area contributed by atoms with Gasteiger partial charge < -0.3 is 5.11 Å². The molecule has 0 aliphatic heterocycles. The minimum absolute atomic E-state index is 0.0700. The summed E-state index contributed by atoms with van der Waals surface area (Å²) in [6.07, 6.45) is 2.71. The van der Waals surface area contributed by atoms with Crippen molar-refractivity contribution in [1.82, 2.24) is 0 Å². The Kier molecular flexibility index (Phi) is 4.78. The maximum Gasteiger partial charge on any atom is 0.220 e. The van der Waals surface area contributed by atoms with Crippen LogP contribution in [0.5, 0.6) is 5.75 Å². The number of carbonyl (C=O) groups is 1. The second-order valence-corrected chi connectivity index (χ2v) is 4.97. The molecule has 0 aliphatic carbocycles. The molecule has 0 saturated heterocycles. The van der Waals surface area contributed by atoms with Crippen LogP contribution in [0.3, 0.4) is 0 Å². The molecule has 2 rings (SSSR count). The Morgan fingerprint density at radius 3 is 2.52 bits per heavy atom. The first-order chi connectivity index (χ1) is 10.0. The Hall–Kier alpha value is -2.10. The van der Waals surface area contributed by atoms with Gasteiger partial charge in [-0.05, 0) is 35.9 Å². The second kappa shape index (κ2) is 6.57. The zero-order valence-electron chi connectivity index (χ0n) is 10.7. The van der Waals surface area contributed by atoms with Gasteiger partial charge in [0.05, 0.1) is 15.6 Å². The molecule has 106 valence electrons. The number of hydrogen-bond donors (Lipinski definition) is 1. The van der Waals surface area contributed by atoms with Crippen molar-refractivity contribution in [3.05, 3.63) is 79.9 Å². The van der Waals surface area contributed by atoms with Crippen LogP contribution in [-0.2, 0) is 0 Å². The van der Waals surface area contributed by atoms with Gasteiger partial charge in [-0.2, -0.15) is 0 Å². The fourth-order valence-corrected chi connectivity index (χ4v) is 2.06. The van der Waals surface area contributed by atoms with Crippen molar-refractivity contribution in [3.8, 4) is 5.75 Å². The van der Waals surface area contributed by atoms with Crippen LogP contribution in [0.2, 0.25) is 10.0 Å². The fraction of sp³-hybridized carbons (Fsp3) is 0. The number of allylic oxidation sites excluding steroid dienone is 1. The van der Waals surface area contributed by atoms with E-state index in [1.807, 2.05) is 0 Å². The van der Waals surface area contributed by atoms with Gasteiger partial charge in [0.15, 0.2) is 11.5 Å². The largest absolute Gasteiger partial charge is 0.504 e.